The largest absolute Gasteiger partial charge is 0.488 e. The molecule has 18 heavy (non-hydrogen) atoms. The molecule has 0 radical (unpaired) electrons. The first-order valence-electron chi connectivity index (χ1n) is 6.42. The highest BCUT2D eigenvalue weighted by molar-refractivity contribution is 5.30. The predicted octanol–water partition coefficient (Wildman–Crippen LogP) is 2.23. The molecule has 4 heteroatoms. The van der Waals surface area contributed by atoms with E-state index in [4.69, 9.17) is 4.74 Å². The van der Waals surface area contributed by atoms with Crippen molar-refractivity contribution in [1.29, 1.82) is 0 Å². The molecule has 0 amide bonds. The van der Waals surface area contributed by atoms with Gasteiger partial charge in [-0.3, -0.25) is 0 Å². The summed E-state index contributed by atoms with van der Waals surface area (Å²) in [5.74, 6) is 0.161. The topological polar surface area (TPSA) is 41.5 Å². The van der Waals surface area contributed by atoms with Crippen molar-refractivity contribution in [2.45, 2.75) is 51.5 Å². The predicted molar refractivity (Wildman–Crippen MR) is 68.0 cm³/mol. The minimum absolute atomic E-state index is 0.308. The lowest BCUT2D eigenvalue weighted by Gasteiger charge is -2.18. The number of nitrogens with one attached hydrogen (secondary N) is 1. The molecule has 2 atom stereocenters. The van der Waals surface area contributed by atoms with Crippen molar-refractivity contribution in [3.05, 3.63) is 29.6 Å². The Kier molecular flexibility index (Phi) is 4.19. The molecule has 1 fully saturated rings. The average molecular weight is 253 g/mol. The number of benzene rings is 1. The van der Waals surface area contributed by atoms with Gasteiger partial charge in [-0.1, -0.05) is 0 Å². The highest BCUT2D eigenvalue weighted by Gasteiger charge is 2.20. The van der Waals surface area contributed by atoms with Crippen LogP contribution in [-0.4, -0.2) is 23.4 Å². The average Bonchev–Trinajstić information content (AvgIpc) is 3.09. The molecule has 100 valence electrons. The highest BCUT2D eigenvalue weighted by atomic mass is 19.1. The normalized spacial score (nSPS) is 18.4. The Bertz CT molecular complexity index is 405. The number of halogens is 1. The fourth-order valence-corrected chi connectivity index (χ4v) is 1.65. The van der Waals surface area contributed by atoms with Gasteiger partial charge in [-0.2, -0.15) is 0 Å². The van der Waals surface area contributed by atoms with Crippen LogP contribution in [0.1, 0.15) is 32.3 Å². The second kappa shape index (κ2) is 5.67. The summed E-state index contributed by atoms with van der Waals surface area (Å²) in [5.41, 5.74) is 0.870. The number of ether oxygens (including phenoxy) is 1. The van der Waals surface area contributed by atoms with Gasteiger partial charge in [0.2, 0.25) is 0 Å². The van der Waals surface area contributed by atoms with E-state index in [1.165, 1.54) is 25.0 Å². The van der Waals surface area contributed by atoms with E-state index in [2.05, 4.69) is 5.32 Å². The van der Waals surface area contributed by atoms with Crippen LogP contribution in [0.5, 0.6) is 5.75 Å². The van der Waals surface area contributed by atoms with Gasteiger partial charge in [0.1, 0.15) is 17.7 Å². The quantitative estimate of drug-likeness (QED) is 0.817. The maximum atomic E-state index is 13.4. The van der Waals surface area contributed by atoms with Crippen molar-refractivity contribution in [1.82, 2.24) is 5.32 Å². The molecule has 0 heterocycles. The summed E-state index contributed by atoms with van der Waals surface area (Å²) in [5, 5.41) is 12.7. The first-order chi connectivity index (χ1) is 8.54. The van der Waals surface area contributed by atoms with Crippen LogP contribution in [0.15, 0.2) is 18.2 Å². The minimum atomic E-state index is -0.582. The van der Waals surface area contributed by atoms with Gasteiger partial charge >= 0.3 is 0 Å². The summed E-state index contributed by atoms with van der Waals surface area (Å²) in [6.45, 7) is 4.07. The van der Waals surface area contributed by atoms with Crippen molar-refractivity contribution in [3.63, 3.8) is 0 Å². The van der Waals surface area contributed by atoms with Crippen LogP contribution in [0.4, 0.5) is 4.39 Å². The molecule has 2 unspecified atom stereocenters. The van der Waals surface area contributed by atoms with Crippen LogP contribution in [0.25, 0.3) is 0 Å². The van der Waals surface area contributed by atoms with Crippen molar-refractivity contribution < 1.29 is 14.2 Å². The third-order valence-electron chi connectivity index (χ3n) is 3.10. The van der Waals surface area contributed by atoms with E-state index < -0.39 is 6.10 Å². The smallest absolute Gasteiger partial charge is 0.127 e. The van der Waals surface area contributed by atoms with Crippen LogP contribution >= 0.6 is 0 Å². The van der Waals surface area contributed by atoms with E-state index in [-0.39, 0.29) is 11.9 Å². The molecule has 1 aliphatic rings. The molecule has 0 spiro atoms. The van der Waals surface area contributed by atoms with Gasteiger partial charge in [0.05, 0.1) is 6.10 Å². The Hall–Kier alpha value is -1.13. The van der Waals surface area contributed by atoms with Crippen molar-refractivity contribution in [2.75, 3.05) is 0 Å². The third kappa shape index (κ3) is 3.96. The summed E-state index contributed by atoms with van der Waals surface area (Å²) in [4.78, 5) is 0. The van der Waals surface area contributed by atoms with Gasteiger partial charge in [-0.25, -0.2) is 4.39 Å². The highest BCUT2D eigenvalue weighted by Crippen LogP contribution is 2.22. The van der Waals surface area contributed by atoms with Gasteiger partial charge < -0.3 is 15.2 Å². The van der Waals surface area contributed by atoms with Crippen LogP contribution in [0.3, 0.4) is 0 Å². The monoisotopic (exact) mass is 253 g/mol. The molecular formula is C14H20FNO2. The van der Waals surface area contributed by atoms with Crippen molar-refractivity contribution >= 4 is 0 Å². The number of hydrogen-bond donors (Lipinski definition) is 2. The fraction of sp³-hybridized carbons (Fsp3) is 0.571. The lowest BCUT2D eigenvalue weighted by Crippen LogP contribution is -2.25. The molecule has 0 saturated heterocycles. The molecule has 3 nitrogen and oxygen atoms in total. The number of aliphatic hydroxyl groups is 1. The van der Waals surface area contributed by atoms with E-state index in [1.807, 2.05) is 6.07 Å². The molecule has 1 aromatic rings. The van der Waals surface area contributed by atoms with Crippen LogP contribution in [0, 0.1) is 5.82 Å². The number of hydrogen-bond acceptors (Lipinski definition) is 3. The first-order valence-corrected chi connectivity index (χ1v) is 6.42. The van der Waals surface area contributed by atoms with Gasteiger partial charge in [0, 0.05) is 18.7 Å². The third-order valence-corrected chi connectivity index (χ3v) is 3.10. The first kappa shape index (κ1) is 13.3. The van der Waals surface area contributed by atoms with E-state index in [0.717, 1.165) is 5.56 Å². The van der Waals surface area contributed by atoms with Gasteiger partial charge in [0.25, 0.3) is 0 Å². The molecule has 2 rings (SSSR count). The summed E-state index contributed by atoms with van der Waals surface area (Å²) >= 11 is 0. The van der Waals surface area contributed by atoms with Crippen LogP contribution < -0.4 is 10.1 Å². The maximum Gasteiger partial charge on any atom is 0.127 e. The zero-order valence-electron chi connectivity index (χ0n) is 10.8. The van der Waals surface area contributed by atoms with E-state index >= 15 is 0 Å². The summed E-state index contributed by atoms with van der Waals surface area (Å²) < 4.78 is 19.0. The molecule has 0 aromatic heterocycles. The van der Waals surface area contributed by atoms with Gasteiger partial charge in [0.15, 0.2) is 0 Å². The standard InChI is InChI=1S/C14H20FNO2/c1-9(17)10(2)18-14-6-11(5-12(15)7-14)8-16-13-3-4-13/h5-7,9-10,13,16-17H,3-4,8H2,1-2H3. The SMILES string of the molecule is CC(O)C(C)Oc1cc(F)cc(CNC2CC2)c1. The molecule has 1 aliphatic carbocycles. The van der Waals surface area contributed by atoms with Crippen LogP contribution in [-0.2, 0) is 6.54 Å². The van der Waals surface area contributed by atoms with E-state index in [1.54, 1.807) is 13.8 Å². The Balaban J connectivity index is 2.00. The fourth-order valence-electron chi connectivity index (χ4n) is 1.65. The minimum Gasteiger partial charge on any atom is -0.488 e. The second-order valence-corrected chi connectivity index (χ2v) is 5.01. The molecule has 1 aromatic carbocycles. The molecule has 2 N–H and O–H groups in total. The Morgan fingerprint density at radius 1 is 1.39 bits per heavy atom. The van der Waals surface area contributed by atoms with Gasteiger partial charge in [-0.15, -0.1) is 0 Å². The lowest BCUT2D eigenvalue weighted by molar-refractivity contribution is 0.0602. The molecular weight excluding hydrogens is 233 g/mol. The number of aliphatic hydroxyl groups excluding tert-OH is 1. The zero-order valence-corrected chi connectivity index (χ0v) is 10.8. The van der Waals surface area contributed by atoms with Crippen molar-refractivity contribution in [3.8, 4) is 5.75 Å². The molecule has 1 saturated carbocycles. The summed E-state index contributed by atoms with van der Waals surface area (Å²) in [6, 6.07) is 5.26. The zero-order chi connectivity index (χ0) is 13.1. The maximum absolute atomic E-state index is 13.4. The van der Waals surface area contributed by atoms with Crippen molar-refractivity contribution in [2.24, 2.45) is 0 Å². The van der Waals surface area contributed by atoms with E-state index in [9.17, 15) is 9.50 Å². The Labute approximate surface area is 107 Å². The summed E-state index contributed by atoms with van der Waals surface area (Å²) in [7, 11) is 0. The summed E-state index contributed by atoms with van der Waals surface area (Å²) in [6.07, 6.45) is 1.48. The van der Waals surface area contributed by atoms with Crippen LogP contribution in [0.2, 0.25) is 0 Å². The second-order valence-electron chi connectivity index (χ2n) is 5.01. The molecule has 0 aliphatic heterocycles. The Morgan fingerprint density at radius 2 is 2.11 bits per heavy atom. The van der Waals surface area contributed by atoms with Gasteiger partial charge in [-0.05, 0) is 44.4 Å². The Morgan fingerprint density at radius 3 is 2.72 bits per heavy atom. The number of rotatable bonds is 6. The van der Waals surface area contributed by atoms with E-state index in [0.29, 0.717) is 18.3 Å². The lowest BCUT2D eigenvalue weighted by atomic mass is 10.2. The molecule has 0 bridgehead atoms.